The summed E-state index contributed by atoms with van der Waals surface area (Å²) in [6.07, 6.45) is 3.64. The molecule has 0 atom stereocenters. The standard InChI is InChI=1S/C13H13BrN2/c1-10-4-3-5-12(6-10)16(2)13-7-11(14)8-15-9-13/h3-9H,1-2H3. The van der Waals surface area contributed by atoms with Crippen molar-refractivity contribution in [1.82, 2.24) is 4.98 Å². The second kappa shape index (κ2) is 4.66. The van der Waals surface area contributed by atoms with Gasteiger partial charge in [-0.15, -0.1) is 0 Å². The van der Waals surface area contributed by atoms with Crippen molar-refractivity contribution < 1.29 is 0 Å². The van der Waals surface area contributed by atoms with E-state index >= 15 is 0 Å². The van der Waals surface area contributed by atoms with Crippen LogP contribution in [0.5, 0.6) is 0 Å². The molecule has 0 aliphatic rings. The maximum absolute atomic E-state index is 4.16. The van der Waals surface area contributed by atoms with E-state index in [9.17, 15) is 0 Å². The molecule has 0 radical (unpaired) electrons. The highest BCUT2D eigenvalue weighted by atomic mass is 79.9. The summed E-state index contributed by atoms with van der Waals surface area (Å²) in [5, 5.41) is 0. The Labute approximate surface area is 104 Å². The zero-order valence-electron chi connectivity index (χ0n) is 9.31. The smallest absolute Gasteiger partial charge is 0.0605 e. The average molecular weight is 277 g/mol. The van der Waals surface area contributed by atoms with Gasteiger partial charge in [0.1, 0.15) is 0 Å². The van der Waals surface area contributed by atoms with Crippen LogP contribution in [0, 0.1) is 6.92 Å². The van der Waals surface area contributed by atoms with Crippen molar-refractivity contribution in [2.45, 2.75) is 6.92 Å². The fourth-order valence-electron chi connectivity index (χ4n) is 1.57. The van der Waals surface area contributed by atoms with Gasteiger partial charge in [-0.25, -0.2) is 0 Å². The molecule has 0 amide bonds. The van der Waals surface area contributed by atoms with E-state index in [4.69, 9.17) is 0 Å². The molecule has 1 heterocycles. The first kappa shape index (κ1) is 11.1. The number of rotatable bonds is 2. The number of hydrogen-bond acceptors (Lipinski definition) is 2. The molecular formula is C13H13BrN2. The lowest BCUT2D eigenvalue weighted by Crippen LogP contribution is -2.09. The Bertz CT molecular complexity index is 451. The fourth-order valence-corrected chi connectivity index (χ4v) is 1.92. The Balaban J connectivity index is 2.35. The highest BCUT2D eigenvalue weighted by molar-refractivity contribution is 9.10. The van der Waals surface area contributed by atoms with Crippen molar-refractivity contribution in [3.8, 4) is 0 Å². The van der Waals surface area contributed by atoms with E-state index in [0.29, 0.717) is 0 Å². The van der Waals surface area contributed by atoms with Crippen molar-refractivity contribution in [1.29, 1.82) is 0 Å². The molecule has 3 heteroatoms. The van der Waals surface area contributed by atoms with Crippen LogP contribution in [0.15, 0.2) is 47.2 Å². The Kier molecular flexibility index (Phi) is 3.25. The molecule has 0 saturated heterocycles. The van der Waals surface area contributed by atoms with E-state index in [2.05, 4.69) is 63.1 Å². The molecule has 0 aliphatic carbocycles. The lowest BCUT2D eigenvalue weighted by molar-refractivity contribution is 1.16. The molecule has 82 valence electrons. The second-order valence-corrected chi connectivity index (χ2v) is 4.68. The average Bonchev–Trinajstić information content (AvgIpc) is 2.28. The van der Waals surface area contributed by atoms with Gasteiger partial charge < -0.3 is 4.90 Å². The zero-order valence-corrected chi connectivity index (χ0v) is 10.9. The van der Waals surface area contributed by atoms with Gasteiger partial charge in [-0.3, -0.25) is 4.98 Å². The van der Waals surface area contributed by atoms with E-state index in [-0.39, 0.29) is 0 Å². The van der Waals surface area contributed by atoms with E-state index in [1.54, 1.807) is 6.20 Å². The minimum atomic E-state index is 0.990. The molecule has 16 heavy (non-hydrogen) atoms. The Hall–Kier alpha value is -1.35. The molecule has 2 nitrogen and oxygen atoms in total. The van der Waals surface area contributed by atoms with Gasteiger partial charge in [0.15, 0.2) is 0 Å². The lowest BCUT2D eigenvalue weighted by atomic mass is 10.2. The van der Waals surface area contributed by atoms with Gasteiger partial charge in [0, 0.05) is 23.4 Å². The number of anilines is 2. The third-order valence-corrected chi connectivity index (χ3v) is 2.90. The summed E-state index contributed by atoms with van der Waals surface area (Å²) >= 11 is 3.43. The quantitative estimate of drug-likeness (QED) is 0.827. The van der Waals surface area contributed by atoms with Gasteiger partial charge >= 0.3 is 0 Å². The molecule has 1 aromatic carbocycles. The number of halogens is 1. The Morgan fingerprint density at radius 2 is 1.94 bits per heavy atom. The monoisotopic (exact) mass is 276 g/mol. The highest BCUT2D eigenvalue weighted by Crippen LogP contribution is 2.25. The maximum Gasteiger partial charge on any atom is 0.0605 e. The van der Waals surface area contributed by atoms with Crippen molar-refractivity contribution in [2.24, 2.45) is 0 Å². The molecule has 0 saturated carbocycles. The summed E-state index contributed by atoms with van der Waals surface area (Å²) in [5.41, 5.74) is 3.49. The van der Waals surface area contributed by atoms with Crippen molar-refractivity contribution in [3.63, 3.8) is 0 Å². The summed E-state index contributed by atoms with van der Waals surface area (Å²) in [6.45, 7) is 2.09. The number of aryl methyl sites for hydroxylation is 1. The number of aromatic nitrogens is 1. The molecule has 0 N–H and O–H groups in total. The minimum absolute atomic E-state index is 0.990. The van der Waals surface area contributed by atoms with Crippen LogP contribution in [-0.2, 0) is 0 Å². The van der Waals surface area contributed by atoms with Gasteiger partial charge in [-0.2, -0.15) is 0 Å². The lowest BCUT2D eigenvalue weighted by Gasteiger charge is -2.19. The normalized spacial score (nSPS) is 10.2. The topological polar surface area (TPSA) is 16.1 Å². The van der Waals surface area contributed by atoms with Gasteiger partial charge in [-0.05, 0) is 46.6 Å². The van der Waals surface area contributed by atoms with Gasteiger partial charge in [-0.1, -0.05) is 12.1 Å². The fraction of sp³-hybridized carbons (Fsp3) is 0.154. The Morgan fingerprint density at radius 1 is 1.12 bits per heavy atom. The van der Waals surface area contributed by atoms with Crippen LogP contribution in [-0.4, -0.2) is 12.0 Å². The first-order chi connectivity index (χ1) is 7.66. The van der Waals surface area contributed by atoms with Crippen molar-refractivity contribution in [2.75, 3.05) is 11.9 Å². The molecule has 0 bridgehead atoms. The first-order valence-electron chi connectivity index (χ1n) is 5.08. The molecule has 0 unspecified atom stereocenters. The largest absolute Gasteiger partial charge is 0.343 e. The summed E-state index contributed by atoms with van der Waals surface area (Å²) in [6, 6.07) is 10.5. The first-order valence-corrected chi connectivity index (χ1v) is 5.87. The Morgan fingerprint density at radius 3 is 2.62 bits per heavy atom. The van der Waals surface area contributed by atoms with Crippen LogP contribution in [0.25, 0.3) is 0 Å². The van der Waals surface area contributed by atoms with E-state index in [1.165, 1.54) is 11.3 Å². The van der Waals surface area contributed by atoms with Crippen LogP contribution in [0.2, 0.25) is 0 Å². The van der Waals surface area contributed by atoms with Crippen LogP contribution in [0.3, 0.4) is 0 Å². The summed E-state index contributed by atoms with van der Waals surface area (Å²) in [4.78, 5) is 6.28. The predicted molar refractivity (Wildman–Crippen MR) is 71.2 cm³/mol. The zero-order chi connectivity index (χ0) is 11.5. The van der Waals surface area contributed by atoms with Crippen LogP contribution >= 0.6 is 15.9 Å². The molecule has 2 aromatic rings. The maximum atomic E-state index is 4.16. The van der Waals surface area contributed by atoms with Crippen molar-refractivity contribution in [3.05, 3.63) is 52.8 Å². The van der Waals surface area contributed by atoms with Gasteiger partial charge in [0.2, 0.25) is 0 Å². The van der Waals surface area contributed by atoms with Crippen molar-refractivity contribution >= 4 is 27.3 Å². The van der Waals surface area contributed by atoms with Gasteiger partial charge in [0.05, 0.1) is 11.9 Å². The second-order valence-electron chi connectivity index (χ2n) is 3.76. The third-order valence-electron chi connectivity index (χ3n) is 2.47. The summed E-state index contributed by atoms with van der Waals surface area (Å²) in [7, 11) is 2.04. The van der Waals surface area contributed by atoms with E-state index < -0.39 is 0 Å². The molecule has 0 aliphatic heterocycles. The van der Waals surface area contributed by atoms with E-state index in [1.807, 2.05) is 13.2 Å². The minimum Gasteiger partial charge on any atom is -0.343 e. The predicted octanol–water partition coefficient (Wildman–Crippen LogP) is 3.92. The van der Waals surface area contributed by atoms with Crippen LogP contribution in [0.1, 0.15) is 5.56 Å². The molecule has 1 aromatic heterocycles. The number of nitrogens with zero attached hydrogens (tertiary/aromatic N) is 2. The molecular weight excluding hydrogens is 264 g/mol. The van der Waals surface area contributed by atoms with E-state index in [0.717, 1.165) is 10.2 Å². The number of pyridine rings is 1. The SMILES string of the molecule is Cc1cccc(N(C)c2cncc(Br)c2)c1. The highest BCUT2D eigenvalue weighted by Gasteiger charge is 2.04. The molecule has 0 fully saturated rings. The molecule has 0 spiro atoms. The molecule has 2 rings (SSSR count). The summed E-state index contributed by atoms with van der Waals surface area (Å²) < 4.78 is 0.990. The van der Waals surface area contributed by atoms with Gasteiger partial charge in [0.25, 0.3) is 0 Å². The van der Waals surface area contributed by atoms with Crippen LogP contribution < -0.4 is 4.90 Å². The third kappa shape index (κ3) is 2.42. The van der Waals surface area contributed by atoms with Crippen LogP contribution in [0.4, 0.5) is 11.4 Å². The summed E-state index contributed by atoms with van der Waals surface area (Å²) in [5.74, 6) is 0. The number of benzene rings is 1. The number of hydrogen-bond donors (Lipinski definition) is 0.